The number of unbranched alkanes of at least 4 members (excludes halogenated alkanes) is 30. The summed E-state index contributed by atoms with van der Waals surface area (Å²) in [6.07, 6.45) is 46.7. The van der Waals surface area contributed by atoms with Crippen molar-refractivity contribution >= 4 is 26.5 Å². The second-order valence-electron chi connectivity index (χ2n) is 18.4. The van der Waals surface area contributed by atoms with E-state index >= 15 is 0 Å². The molecular weight excluding hydrogens is 633 g/mol. The fourth-order valence-corrected chi connectivity index (χ4v) is 15.1. The Bertz CT molecular complexity index is 826. The molecule has 0 atom stereocenters. The molecule has 0 spiro atoms. The molecule has 0 N–H and O–H groups in total. The molecule has 0 aromatic heterocycles. The summed E-state index contributed by atoms with van der Waals surface area (Å²) in [6.45, 7) is 20.1. The monoisotopic (exact) mass is 727 g/mol. The predicted molar refractivity (Wildman–Crippen MR) is 239 cm³/mol. The second kappa shape index (κ2) is 31.0. The standard InChI is InChI=1S/C48H94Si2/c1-9-11-13-15-17-19-21-23-25-27-29-31-33-35-37-39-41-49(5,6)47-43-46(4)48(44-45(47)3)50(7,8)42-40-38-36-34-32-30-28-26-24-22-20-18-16-14-12-10-2/h43-44H,9-42H2,1-8H3. The third-order valence-electron chi connectivity index (χ3n) is 12.3. The first-order valence-electron chi connectivity index (χ1n) is 23.3. The quantitative estimate of drug-likeness (QED) is 0.0477. The van der Waals surface area contributed by atoms with E-state index in [0.29, 0.717) is 0 Å². The molecule has 0 aliphatic carbocycles. The molecule has 1 rings (SSSR count). The van der Waals surface area contributed by atoms with E-state index in [0.717, 1.165) is 0 Å². The summed E-state index contributed by atoms with van der Waals surface area (Å²) < 4.78 is 0. The van der Waals surface area contributed by atoms with Gasteiger partial charge in [-0.3, -0.25) is 0 Å². The summed E-state index contributed by atoms with van der Waals surface area (Å²) >= 11 is 0. The van der Waals surface area contributed by atoms with Crippen molar-refractivity contribution in [1.82, 2.24) is 0 Å². The largest absolute Gasteiger partial charge is 0.0809 e. The van der Waals surface area contributed by atoms with Gasteiger partial charge in [-0.2, -0.15) is 0 Å². The lowest BCUT2D eigenvalue weighted by Gasteiger charge is -2.30. The zero-order valence-corrected chi connectivity index (χ0v) is 38.2. The lowest BCUT2D eigenvalue weighted by atomic mass is 10.0. The molecule has 294 valence electrons. The van der Waals surface area contributed by atoms with E-state index in [1.54, 1.807) is 21.5 Å². The summed E-state index contributed by atoms with van der Waals surface area (Å²) in [7, 11) is -2.79. The van der Waals surface area contributed by atoms with Crippen molar-refractivity contribution < 1.29 is 0 Å². The Labute approximate surface area is 320 Å². The maximum atomic E-state index is 2.67. The SMILES string of the molecule is CCCCCCCCCCCCCCCCCC[Si](C)(C)c1cc(C)c([Si](C)(C)CCCCCCCCCCCCCCCCCC)cc1C. The van der Waals surface area contributed by atoms with Crippen LogP contribution in [-0.2, 0) is 0 Å². The van der Waals surface area contributed by atoms with Gasteiger partial charge in [-0.1, -0.05) is 291 Å². The third-order valence-corrected chi connectivity index (χ3v) is 19.5. The molecule has 0 nitrogen and oxygen atoms in total. The van der Waals surface area contributed by atoms with Gasteiger partial charge in [0, 0.05) is 0 Å². The summed E-state index contributed by atoms with van der Waals surface area (Å²) in [5.74, 6) is 0. The van der Waals surface area contributed by atoms with E-state index in [9.17, 15) is 0 Å². The number of hydrogen-bond acceptors (Lipinski definition) is 0. The number of hydrogen-bond donors (Lipinski definition) is 0. The molecule has 0 bridgehead atoms. The first kappa shape index (κ1) is 47.7. The van der Waals surface area contributed by atoms with Crippen molar-refractivity contribution in [2.45, 2.75) is 271 Å². The Morgan fingerprint density at radius 1 is 0.300 bits per heavy atom. The van der Waals surface area contributed by atoms with Gasteiger partial charge in [-0.05, 0) is 13.8 Å². The van der Waals surface area contributed by atoms with Gasteiger partial charge in [0.15, 0.2) is 0 Å². The molecule has 0 amide bonds. The van der Waals surface area contributed by atoms with Gasteiger partial charge in [0.25, 0.3) is 0 Å². The lowest BCUT2D eigenvalue weighted by Crippen LogP contribution is -2.48. The minimum atomic E-state index is -1.39. The minimum absolute atomic E-state index is 1.37. The van der Waals surface area contributed by atoms with E-state index in [1.807, 2.05) is 0 Å². The average molecular weight is 727 g/mol. The zero-order valence-electron chi connectivity index (χ0n) is 36.2. The first-order valence-corrected chi connectivity index (χ1v) is 29.7. The van der Waals surface area contributed by atoms with Crippen molar-refractivity contribution in [1.29, 1.82) is 0 Å². The van der Waals surface area contributed by atoms with Crippen molar-refractivity contribution in [2.75, 3.05) is 0 Å². The Morgan fingerprint density at radius 2 is 0.480 bits per heavy atom. The van der Waals surface area contributed by atoms with E-state index in [2.05, 4.69) is 66.0 Å². The summed E-state index contributed by atoms with van der Waals surface area (Å²) in [6, 6.07) is 8.27. The number of benzene rings is 1. The molecule has 0 saturated carbocycles. The predicted octanol–water partition coefficient (Wildman–Crippen LogP) is 16.7. The molecule has 50 heavy (non-hydrogen) atoms. The van der Waals surface area contributed by atoms with Crippen molar-refractivity contribution in [2.24, 2.45) is 0 Å². The van der Waals surface area contributed by atoms with Crippen LogP contribution >= 0.6 is 0 Å². The van der Waals surface area contributed by atoms with Gasteiger partial charge in [0.05, 0.1) is 16.1 Å². The Morgan fingerprint density at radius 3 is 0.680 bits per heavy atom. The van der Waals surface area contributed by atoms with Gasteiger partial charge in [0.1, 0.15) is 0 Å². The summed E-state index contributed by atoms with van der Waals surface area (Å²) in [5.41, 5.74) is 3.23. The summed E-state index contributed by atoms with van der Waals surface area (Å²) in [4.78, 5) is 0. The van der Waals surface area contributed by atoms with Gasteiger partial charge in [-0.15, -0.1) is 0 Å². The van der Waals surface area contributed by atoms with Crippen molar-refractivity contribution in [3.63, 3.8) is 0 Å². The molecule has 2 heteroatoms. The first-order chi connectivity index (χ1) is 24.2. The van der Waals surface area contributed by atoms with E-state index in [1.165, 1.54) is 218 Å². The van der Waals surface area contributed by atoms with Gasteiger partial charge in [-0.25, -0.2) is 0 Å². The van der Waals surface area contributed by atoms with E-state index in [4.69, 9.17) is 0 Å². The van der Waals surface area contributed by atoms with Crippen LogP contribution in [0.4, 0.5) is 0 Å². The fraction of sp³-hybridized carbons (Fsp3) is 0.875. The van der Waals surface area contributed by atoms with Crippen LogP contribution in [-0.4, -0.2) is 16.1 Å². The topological polar surface area (TPSA) is 0 Å². The van der Waals surface area contributed by atoms with Crippen LogP contribution < -0.4 is 10.4 Å². The number of aryl methyl sites for hydroxylation is 2. The van der Waals surface area contributed by atoms with Gasteiger partial charge < -0.3 is 0 Å². The smallest absolute Gasteiger partial charge is 0.0654 e. The number of rotatable bonds is 36. The summed E-state index contributed by atoms with van der Waals surface area (Å²) in [5, 5.41) is 3.51. The van der Waals surface area contributed by atoms with Gasteiger partial charge in [0.2, 0.25) is 0 Å². The Hall–Kier alpha value is -0.346. The molecule has 1 aromatic rings. The Balaban J connectivity index is 2.19. The molecule has 1 aromatic carbocycles. The minimum Gasteiger partial charge on any atom is -0.0654 e. The maximum absolute atomic E-state index is 2.67. The zero-order chi connectivity index (χ0) is 36.8. The second-order valence-corrected chi connectivity index (χ2v) is 28.0. The lowest BCUT2D eigenvalue weighted by molar-refractivity contribution is 0.531. The highest BCUT2D eigenvalue weighted by atomic mass is 28.3. The van der Waals surface area contributed by atoms with Crippen LogP contribution in [0, 0.1) is 13.8 Å². The molecule has 0 fully saturated rings. The molecule has 0 aliphatic heterocycles. The van der Waals surface area contributed by atoms with Crippen LogP contribution in [0.3, 0.4) is 0 Å². The van der Waals surface area contributed by atoms with Gasteiger partial charge >= 0.3 is 0 Å². The highest BCUT2D eigenvalue weighted by Gasteiger charge is 2.29. The van der Waals surface area contributed by atoms with Crippen LogP contribution in [0.25, 0.3) is 0 Å². The fourth-order valence-electron chi connectivity index (χ4n) is 8.77. The highest BCUT2D eigenvalue weighted by Crippen LogP contribution is 2.23. The highest BCUT2D eigenvalue weighted by molar-refractivity contribution is 6.91. The van der Waals surface area contributed by atoms with Crippen LogP contribution in [0.5, 0.6) is 0 Å². The maximum Gasteiger partial charge on any atom is 0.0809 e. The van der Waals surface area contributed by atoms with Crippen LogP contribution in [0.1, 0.15) is 230 Å². The molecular formula is C48H94Si2. The van der Waals surface area contributed by atoms with Crippen molar-refractivity contribution in [3.05, 3.63) is 23.3 Å². The molecule has 0 radical (unpaired) electrons. The normalized spacial score (nSPS) is 12.3. The van der Waals surface area contributed by atoms with Crippen molar-refractivity contribution in [3.8, 4) is 0 Å². The Kier molecular flexibility index (Phi) is 29.6. The van der Waals surface area contributed by atoms with E-state index in [-0.39, 0.29) is 0 Å². The van der Waals surface area contributed by atoms with E-state index < -0.39 is 16.1 Å². The third kappa shape index (κ3) is 24.1. The molecule has 0 heterocycles. The average Bonchev–Trinajstić information content (AvgIpc) is 3.08. The molecule has 0 unspecified atom stereocenters. The van der Waals surface area contributed by atoms with Crippen LogP contribution in [0.2, 0.25) is 38.3 Å². The van der Waals surface area contributed by atoms with Crippen LogP contribution in [0.15, 0.2) is 12.1 Å². The molecule has 0 saturated heterocycles. The molecule has 0 aliphatic rings.